The van der Waals surface area contributed by atoms with Crippen molar-refractivity contribution in [2.45, 2.75) is 0 Å². The van der Waals surface area contributed by atoms with Crippen LogP contribution in [0.5, 0.6) is 0 Å². The minimum atomic E-state index is -0.0994. The molecule has 3 rings (SSSR count). The summed E-state index contributed by atoms with van der Waals surface area (Å²) in [6.07, 6.45) is 1.86. The van der Waals surface area contributed by atoms with E-state index in [1.165, 1.54) is 0 Å². The van der Waals surface area contributed by atoms with Crippen molar-refractivity contribution in [2.75, 3.05) is 5.32 Å². The largest absolute Gasteiger partial charge is 0.361 e. The van der Waals surface area contributed by atoms with Crippen LogP contribution in [0, 0.1) is 0 Å². The van der Waals surface area contributed by atoms with E-state index < -0.39 is 0 Å². The van der Waals surface area contributed by atoms with Crippen LogP contribution in [-0.2, 0) is 0 Å². The zero-order chi connectivity index (χ0) is 12.4. The summed E-state index contributed by atoms with van der Waals surface area (Å²) < 4.78 is 0. The van der Waals surface area contributed by atoms with E-state index in [9.17, 15) is 4.79 Å². The van der Waals surface area contributed by atoms with E-state index in [4.69, 9.17) is 0 Å². The maximum Gasteiger partial charge on any atom is 0.255 e. The highest BCUT2D eigenvalue weighted by atomic mass is 16.1. The molecule has 0 unspecified atom stereocenters. The fourth-order valence-electron chi connectivity index (χ4n) is 1.91. The van der Waals surface area contributed by atoms with Gasteiger partial charge in [-0.15, -0.1) is 0 Å². The molecule has 0 radical (unpaired) electrons. The maximum atomic E-state index is 12.1. The molecule has 3 aromatic rings. The summed E-state index contributed by atoms with van der Waals surface area (Å²) in [5.74, 6) is -0.0994. The first-order chi connectivity index (χ1) is 8.83. The van der Waals surface area contributed by atoms with Crippen LogP contribution in [0.15, 0.2) is 60.8 Å². The number of hydrogen-bond acceptors (Lipinski definition) is 1. The Kier molecular flexibility index (Phi) is 2.57. The molecule has 1 amide bonds. The lowest BCUT2D eigenvalue weighted by Crippen LogP contribution is -2.11. The molecule has 0 saturated carbocycles. The molecule has 0 aliphatic carbocycles. The highest BCUT2D eigenvalue weighted by Crippen LogP contribution is 2.15. The van der Waals surface area contributed by atoms with Crippen molar-refractivity contribution in [3.05, 3.63) is 66.4 Å². The van der Waals surface area contributed by atoms with Gasteiger partial charge in [-0.25, -0.2) is 0 Å². The third-order valence-electron chi connectivity index (χ3n) is 2.85. The summed E-state index contributed by atoms with van der Waals surface area (Å²) >= 11 is 0. The lowest BCUT2D eigenvalue weighted by molar-refractivity contribution is 0.102. The molecule has 2 N–H and O–H groups in total. The Balaban J connectivity index is 1.87. The van der Waals surface area contributed by atoms with Gasteiger partial charge in [-0.2, -0.15) is 0 Å². The van der Waals surface area contributed by atoms with Gasteiger partial charge in [0.15, 0.2) is 0 Å². The minimum absolute atomic E-state index is 0.0994. The molecule has 88 valence electrons. The van der Waals surface area contributed by atoms with Crippen LogP contribution in [0.3, 0.4) is 0 Å². The van der Waals surface area contributed by atoms with Gasteiger partial charge in [0.1, 0.15) is 0 Å². The number of carbonyl (C=O) groups is 1. The van der Waals surface area contributed by atoms with Crippen LogP contribution < -0.4 is 5.32 Å². The number of para-hydroxylation sites is 1. The monoisotopic (exact) mass is 236 g/mol. The number of rotatable bonds is 2. The van der Waals surface area contributed by atoms with Gasteiger partial charge >= 0.3 is 0 Å². The molecule has 0 atom stereocenters. The molecule has 0 fully saturated rings. The maximum absolute atomic E-state index is 12.1. The van der Waals surface area contributed by atoms with Crippen LogP contribution in [0.4, 0.5) is 5.69 Å². The van der Waals surface area contributed by atoms with Gasteiger partial charge in [0, 0.05) is 23.0 Å². The van der Waals surface area contributed by atoms with Crippen LogP contribution in [0.1, 0.15) is 10.4 Å². The lowest BCUT2D eigenvalue weighted by atomic mass is 10.1. The van der Waals surface area contributed by atoms with Gasteiger partial charge in [-0.05, 0) is 35.7 Å². The number of fused-ring (bicyclic) bond motifs is 1. The number of aromatic nitrogens is 1. The number of nitrogens with one attached hydrogen (secondary N) is 2. The van der Waals surface area contributed by atoms with E-state index in [0.29, 0.717) is 5.56 Å². The van der Waals surface area contributed by atoms with E-state index in [1.54, 1.807) is 0 Å². The minimum Gasteiger partial charge on any atom is -0.361 e. The SMILES string of the molecule is O=C(Nc1ccccc1)c1ccc2cc[nH]c2c1. The van der Waals surface area contributed by atoms with Gasteiger partial charge in [-0.3, -0.25) is 4.79 Å². The molecule has 3 nitrogen and oxygen atoms in total. The van der Waals surface area contributed by atoms with Crippen molar-refractivity contribution in [3.63, 3.8) is 0 Å². The first kappa shape index (κ1) is 10.6. The van der Waals surface area contributed by atoms with Crippen molar-refractivity contribution in [3.8, 4) is 0 Å². The number of hydrogen-bond donors (Lipinski definition) is 2. The highest BCUT2D eigenvalue weighted by molar-refractivity contribution is 6.06. The Morgan fingerprint density at radius 1 is 1.00 bits per heavy atom. The van der Waals surface area contributed by atoms with E-state index in [-0.39, 0.29) is 5.91 Å². The van der Waals surface area contributed by atoms with Crippen LogP contribution >= 0.6 is 0 Å². The first-order valence-electron chi connectivity index (χ1n) is 5.76. The second-order valence-corrected chi connectivity index (χ2v) is 4.10. The molecular weight excluding hydrogens is 224 g/mol. The number of benzene rings is 2. The summed E-state index contributed by atoms with van der Waals surface area (Å²) in [6, 6.07) is 17.0. The van der Waals surface area contributed by atoms with Crippen molar-refractivity contribution in [1.82, 2.24) is 4.98 Å². The summed E-state index contributed by atoms with van der Waals surface area (Å²) in [7, 11) is 0. The number of anilines is 1. The first-order valence-corrected chi connectivity index (χ1v) is 5.76. The summed E-state index contributed by atoms with van der Waals surface area (Å²) in [4.78, 5) is 15.2. The Labute approximate surface area is 104 Å². The number of H-pyrrole nitrogens is 1. The van der Waals surface area contributed by atoms with Gasteiger partial charge < -0.3 is 10.3 Å². The molecule has 3 heteroatoms. The number of carbonyl (C=O) groups excluding carboxylic acids is 1. The zero-order valence-electron chi connectivity index (χ0n) is 9.68. The van der Waals surface area contributed by atoms with Gasteiger partial charge in [-0.1, -0.05) is 24.3 Å². The molecule has 1 aromatic heterocycles. The summed E-state index contributed by atoms with van der Waals surface area (Å²) in [5, 5.41) is 3.97. The fraction of sp³-hybridized carbons (Fsp3) is 0. The third kappa shape index (κ3) is 1.98. The quantitative estimate of drug-likeness (QED) is 0.703. The normalized spacial score (nSPS) is 10.4. The third-order valence-corrected chi connectivity index (χ3v) is 2.85. The average Bonchev–Trinajstić information content (AvgIpc) is 2.87. The molecule has 2 aromatic carbocycles. The Morgan fingerprint density at radius 2 is 1.83 bits per heavy atom. The van der Waals surface area contributed by atoms with Gasteiger partial charge in [0.05, 0.1) is 0 Å². The predicted molar refractivity (Wildman–Crippen MR) is 72.7 cm³/mol. The van der Waals surface area contributed by atoms with Crippen molar-refractivity contribution < 1.29 is 4.79 Å². The molecular formula is C15H12N2O. The smallest absolute Gasteiger partial charge is 0.255 e. The number of amides is 1. The van der Waals surface area contributed by atoms with Gasteiger partial charge in [0.25, 0.3) is 5.91 Å². The zero-order valence-corrected chi connectivity index (χ0v) is 9.68. The van der Waals surface area contributed by atoms with Crippen LogP contribution in [-0.4, -0.2) is 10.9 Å². The van der Waals surface area contributed by atoms with E-state index in [0.717, 1.165) is 16.6 Å². The Morgan fingerprint density at radius 3 is 2.67 bits per heavy atom. The molecule has 0 aliphatic heterocycles. The Hall–Kier alpha value is -2.55. The van der Waals surface area contributed by atoms with Crippen molar-refractivity contribution in [2.24, 2.45) is 0 Å². The summed E-state index contributed by atoms with van der Waals surface area (Å²) in [5.41, 5.74) is 2.42. The molecule has 0 saturated heterocycles. The van der Waals surface area contributed by atoms with Gasteiger partial charge in [0.2, 0.25) is 0 Å². The average molecular weight is 236 g/mol. The second kappa shape index (κ2) is 4.37. The lowest BCUT2D eigenvalue weighted by Gasteiger charge is -2.04. The van der Waals surface area contributed by atoms with Crippen LogP contribution in [0.2, 0.25) is 0 Å². The molecule has 1 heterocycles. The summed E-state index contributed by atoms with van der Waals surface area (Å²) in [6.45, 7) is 0. The molecule has 0 aliphatic rings. The molecule has 0 spiro atoms. The highest BCUT2D eigenvalue weighted by Gasteiger charge is 2.06. The predicted octanol–water partition coefficient (Wildman–Crippen LogP) is 3.42. The molecule has 18 heavy (non-hydrogen) atoms. The standard InChI is InChI=1S/C15H12N2O/c18-15(17-13-4-2-1-3-5-13)12-7-6-11-8-9-16-14(11)10-12/h1-10,16H,(H,17,18). The second-order valence-electron chi connectivity index (χ2n) is 4.10. The topological polar surface area (TPSA) is 44.9 Å². The van der Waals surface area contributed by atoms with E-state index >= 15 is 0 Å². The van der Waals surface area contributed by atoms with E-state index in [1.807, 2.05) is 60.8 Å². The number of aromatic amines is 1. The van der Waals surface area contributed by atoms with Crippen LogP contribution in [0.25, 0.3) is 10.9 Å². The van der Waals surface area contributed by atoms with Crippen molar-refractivity contribution >= 4 is 22.5 Å². The van der Waals surface area contributed by atoms with Crippen molar-refractivity contribution in [1.29, 1.82) is 0 Å². The Bertz CT molecular complexity index is 686. The van der Waals surface area contributed by atoms with E-state index in [2.05, 4.69) is 10.3 Å². The fourth-order valence-corrected chi connectivity index (χ4v) is 1.91. The molecule has 0 bridgehead atoms.